The zero-order valence-electron chi connectivity index (χ0n) is 16.1. The molecule has 0 bridgehead atoms. The Balaban J connectivity index is 1.71. The van der Waals surface area contributed by atoms with Crippen molar-refractivity contribution in [3.63, 3.8) is 0 Å². The van der Waals surface area contributed by atoms with Gasteiger partial charge in [0.2, 0.25) is 0 Å². The number of benzene rings is 4. The predicted octanol–water partition coefficient (Wildman–Crippen LogP) is 5.51. The van der Waals surface area contributed by atoms with Crippen molar-refractivity contribution >= 4 is 11.6 Å². The second-order valence-electron chi connectivity index (χ2n) is 7.32. The maximum Gasteiger partial charge on any atom is 0.259 e. The summed E-state index contributed by atoms with van der Waals surface area (Å²) >= 11 is 0. The number of anilines is 1. The normalized spacial score (nSPS) is 15.3. The molecule has 0 radical (unpaired) electrons. The molecular weight excluding hydrogens is 374 g/mol. The van der Waals surface area contributed by atoms with E-state index in [4.69, 9.17) is 0 Å². The van der Waals surface area contributed by atoms with Crippen LogP contribution >= 0.6 is 0 Å². The smallest absolute Gasteiger partial charge is 0.259 e. The lowest BCUT2D eigenvalue weighted by atomic mass is 9.96. The van der Waals surface area contributed by atoms with Gasteiger partial charge in [-0.05, 0) is 53.1 Å². The van der Waals surface area contributed by atoms with Crippen LogP contribution in [0.5, 0.6) is 11.5 Å². The van der Waals surface area contributed by atoms with Crippen LogP contribution in [0.3, 0.4) is 0 Å². The van der Waals surface area contributed by atoms with E-state index < -0.39 is 0 Å². The SMILES string of the molecule is O=C1c2ccccc2C(c2ccc(O)cc2)N1c1ccccc1-c1ccc(O)cc1. The fraction of sp³-hybridized carbons (Fsp3) is 0.0385. The number of amides is 1. The molecule has 0 spiro atoms. The summed E-state index contributed by atoms with van der Waals surface area (Å²) in [5, 5.41) is 19.4. The minimum Gasteiger partial charge on any atom is -0.508 e. The first-order chi connectivity index (χ1) is 14.6. The van der Waals surface area contributed by atoms with Gasteiger partial charge in [-0.3, -0.25) is 9.69 Å². The highest BCUT2D eigenvalue weighted by Crippen LogP contribution is 2.45. The Morgan fingerprint density at radius 1 is 0.633 bits per heavy atom. The quantitative estimate of drug-likeness (QED) is 0.482. The van der Waals surface area contributed by atoms with Crippen LogP contribution in [0.15, 0.2) is 97.1 Å². The van der Waals surface area contributed by atoms with Crippen LogP contribution in [0.1, 0.15) is 27.5 Å². The molecule has 0 aromatic heterocycles. The molecular formula is C26H19NO3. The third-order valence-corrected chi connectivity index (χ3v) is 5.51. The largest absolute Gasteiger partial charge is 0.508 e. The molecule has 0 aliphatic carbocycles. The number of fused-ring (bicyclic) bond motifs is 1. The first-order valence-corrected chi connectivity index (χ1v) is 9.73. The van der Waals surface area contributed by atoms with Crippen molar-refractivity contribution < 1.29 is 15.0 Å². The molecule has 1 unspecified atom stereocenters. The van der Waals surface area contributed by atoms with E-state index in [2.05, 4.69) is 0 Å². The lowest BCUT2D eigenvalue weighted by molar-refractivity contribution is 0.0993. The first kappa shape index (κ1) is 18.0. The maximum absolute atomic E-state index is 13.5. The number of nitrogens with zero attached hydrogens (tertiary/aromatic N) is 1. The molecule has 1 atom stereocenters. The molecule has 0 saturated heterocycles. The number of carbonyl (C=O) groups is 1. The van der Waals surface area contributed by atoms with E-state index in [1.807, 2.05) is 77.7 Å². The summed E-state index contributed by atoms with van der Waals surface area (Å²) in [6.45, 7) is 0. The summed E-state index contributed by atoms with van der Waals surface area (Å²) in [6.07, 6.45) is 0. The number of phenols is 2. The number of para-hydroxylation sites is 1. The second kappa shape index (κ2) is 7.08. The maximum atomic E-state index is 13.5. The van der Waals surface area contributed by atoms with Crippen molar-refractivity contribution in [2.75, 3.05) is 4.90 Å². The fourth-order valence-electron chi connectivity index (χ4n) is 4.12. The van der Waals surface area contributed by atoms with E-state index >= 15 is 0 Å². The van der Waals surface area contributed by atoms with Crippen LogP contribution in [0.2, 0.25) is 0 Å². The fourth-order valence-corrected chi connectivity index (χ4v) is 4.12. The van der Waals surface area contributed by atoms with E-state index in [-0.39, 0.29) is 23.4 Å². The molecule has 0 fully saturated rings. The molecule has 4 aromatic carbocycles. The summed E-state index contributed by atoms with van der Waals surface area (Å²) in [5.74, 6) is 0.324. The number of hydrogen-bond acceptors (Lipinski definition) is 3. The number of aromatic hydroxyl groups is 2. The second-order valence-corrected chi connectivity index (χ2v) is 7.32. The Bertz CT molecular complexity index is 1230. The van der Waals surface area contributed by atoms with Crippen molar-refractivity contribution in [2.24, 2.45) is 0 Å². The van der Waals surface area contributed by atoms with Gasteiger partial charge in [0.05, 0.1) is 11.7 Å². The summed E-state index contributed by atoms with van der Waals surface area (Å²) in [5.41, 5.74) is 5.15. The van der Waals surface area contributed by atoms with E-state index in [1.165, 1.54) is 0 Å². The molecule has 30 heavy (non-hydrogen) atoms. The van der Waals surface area contributed by atoms with Gasteiger partial charge in [0, 0.05) is 11.1 Å². The zero-order chi connectivity index (χ0) is 20.7. The Kier molecular flexibility index (Phi) is 4.25. The predicted molar refractivity (Wildman–Crippen MR) is 117 cm³/mol. The summed E-state index contributed by atoms with van der Waals surface area (Å²) in [7, 11) is 0. The molecule has 5 rings (SSSR count). The molecule has 146 valence electrons. The molecule has 1 aliphatic rings. The Labute approximate surface area is 174 Å². The van der Waals surface area contributed by atoms with Crippen molar-refractivity contribution in [3.8, 4) is 22.6 Å². The van der Waals surface area contributed by atoms with Gasteiger partial charge in [-0.2, -0.15) is 0 Å². The average Bonchev–Trinajstić information content (AvgIpc) is 3.07. The molecule has 4 nitrogen and oxygen atoms in total. The number of hydrogen-bond donors (Lipinski definition) is 2. The van der Waals surface area contributed by atoms with Gasteiger partial charge in [-0.25, -0.2) is 0 Å². The minimum absolute atomic E-state index is 0.0603. The highest BCUT2D eigenvalue weighted by atomic mass is 16.3. The highest BCUT2D eigenvalue weighted by Gasteiger charge is 2.39. The Morgan fingerprint density at radius 2 is 1.20 bits per heavy atom. The van der Waals surface area contributed by atoms with Crippen molar-refractivity contribution in [3.05, 3.63) is 114 Å². The number of phenolic OH excluding ortho intramolecular Hbond substituents is 2. The third kappa shape index (κ3) is 2.90. The van der Waals surface area contributed by atoms with Crippen molar-refractivity contribution in [1.29, 1.82) is 0 Å². The topological polar surface area (TPSA) is 60.8 Å². The molecule has 0 saturated carbocycles. The summed E-state index contributed by atoms with van der Waals surface area (Å²) < 4.78 is 0. The van der Waals surface area contributed by atoms with Gasteiger partial charge in [0.15, 0.2) is 0 Å². The van der Waals surface area contributed by atoms with Crippen LogP contribution in [0.4, 0.5) is 5.69 Å². The standard InChI is InChI=1S/C26H19NO3/c28-19-13-9-17(10-14-19)21-5-3-4-8-24(21)27-25(18-11-15-20(29)16-12-18)22-6-1-2-7-23(22)26(27)30/h1-16,25,28-29H. The van der Waals surface area contributed by atoms with Crippen LogP contribution in [-0.2, 0) is 0 Å². The Hall–Kier alpha value is -4.05. The van der Waals surface area contributed by atoms with Crippen molar-refractivity contribution in [2.45, 2.75) is 6.04 Å². The molecule has 1 amide bonds. The van der Waals surface area contributed by atoms with Crippen LogP contribution < -0.4 is 4.90 Å². The summed E-state index contributed by atoms with van der Waals surface area (Å²) in [4.78, 5) is 15.3. The number of carbonyl (C=O) groups excluding carboxylic acids is 1. The molecule has 2 N–H and O–H groups in total. The van der Waals surface area contributed by atoms with E-state index in [9.17, 15) is 15.0 Å². The monoisotopic (exact) mass is 393 g/mol. The molecule has 1 heterocycles. The minimum atomic E-state index is -0.299. The van der Waals surface area contributed by atoms with Crippen LogP contribution in [0.25, 0.3) is 11.1 Å². The van der Waals surface area contributed by atoms with E-state index in [1.54, 1.807) is 24.3 Å². The van der Waals surface area contributed by atoms with Gasteiger partial charge in [-0.1, -0.05) is 60.7 Å². The zero-order valence-corrected chi connectivity index (χ0v) is 16.1. The third-order valence-electron chi connectivity index (χ3n) is 5.51. The summed E-state index contributed by atoms with van der Waals surface area (Å²) in [6, 6.07) is 29.1. The van der Waals surface area contributed by atoms with Gasteiger partial charge in [0.25, 0.3) is 5.91 Å². The number of rotatable bonds is 3. The van der Waals surface area contributed by atoms with Crippen LogP contribution in [0, 0.1) is 0 Å². The highest BCUT2D eigenvalue weighted by molar-refractivity contribution is 6.13. The Morgan fingerprint density at radius 3 is 1.90 bits per heavy atom. The van der Waals surface area contributed by atoms with Gasteiger partial charge in [-0.15, -0.1) is 0 Å². The van der Waals surface area contributed by atoms with Crippen molar-refractivity contribution in [1.82, 2.24) is 0 Å². The van der Waals surface area contributed by atoms with E-state index in [0.29, 0.717) is 5.56 Å². The molecule has 4 heteroatoms. The van der Waals surface area contributed by atoms with E-state index in [0.717, 1.165) is 27.9 Å². The average molecular weight is 393 g/mol. The van der Waals surface area contributed by atoms with Crippen LogP contribution in [-0.4, -0.2) is 16.1 Å². The lowest BCUT2D eigenvalue weighted by Gasteiger charge is -2.28. The van der Waals surface area contributed by atoms with Gasteiger partial charge >= 0.3 is 0 Å². The lowest BCUT2D eigenvalue weighted by Crippen LogP contribution is -2.29. The van der Waals surface area contributed by atoms with Gasteiger partial charge < -0.3 is 10.2 Å². The molecule has 1 aliphatic heterocycles. The first-order valence-electron chi connectivity index (χ1n) is 9.73. The molecule has 4 aromatic rings. The van der Waals surface area contributed by atoms with Gasteiger partial charge in [0.1, 0.15) is 11.5 Å².